The van der Waals surface area contributed by atoms with E-state index in [1.165, 1.54) is 70.6 Å². The number of phosphoric ester groups is 1. The third-order valence-electron chi connectivity index (χ3n) is 9.79. The molecule has 0 aliphatic rings. The summed E-state index contributed by atoms with van der Waals surface area (Å²) in [5, 5.41) is 13.8. The van der Waals surface area contributed by atoms with E-state index in [0.717, 1.165) is 70.6 Å². The summed E-state index contributed by atoms with van der Waals surface area (Å²) in [5.74, 6) is -0.233. The van der Waals surface area contributed by atoms with Crippen molar-refractivity contribution >= 4 is 13.7 Å². The molecule has 0 rings (SSSR count). The number of aliphatic hydroxyl groups excluding tert-OH is 1. The van der Waals surface area contributed by atoms with Gasteiger partial charge in [0.2, 0.25) is 5.91 Å². The highest BCUT2D eigenvalue weighted by Crippen LogP contribution is 2.43. The molecular formula is C51H90N2O6P+. The number of aliphatic hydroxyl groups is 1. The van der Waals surface area contributed by atoms with E-state index < -0.39 is 20.0 Å². The largest absolute Gasteiger partial charge is 0.472 e. The van der Waals surface area contributed by atoms with Crippen molar-refractivity contribution in [1.82, 2.24) is 5.32 Å². The number of likely N-dealkylation sites (N-methyl/N-ethyl adjacent to an activating group) is 1. The quantitative estimate of drug-likeness (QED) is 0.0245. The Kier molecular flexibility index (Phi) is 40.0. The summed E-state index contributed by atoms with van der Waals surface area (Å²) < 4.78 is 23.5. The molecule has 0 spiro atoms. The van der Waals surface area contributed by atoms with E-state index in [0.29, 0.717) is 17.4 Å². The number of carbonyl (C=O) groups is 1. The molecule has 344 valence electrons. The predicted octanol–water partition coefficient (Wildman–Crippen LogP) is 13.5. The zero-order valence-electron chi connectivity index (χ0n) is 38.9. The van der Waals surface area contributed by atoms with Crippen LogP contribution < -0.4 is 5.32 Å². The van der Waals surface area contributed by atoms with Gasteiger partial charge in [0.05, 0.1) is 39.9 Å². The van der Waals surface area contributed by atoms with Gasteiger partial charge in [-0.1, -0.05) is 175 Å². The number of carbonyl (C=O) groups excluding carboxylic acids is 1. The summed E-state index contributed by atoms with van der Waals surface area (Å²) in [5.41, 5.74) is 0. The van der Waals surface area contributed by atoms with E-state index in [-0.39, 0.29) is 25.5 Å². The van der Waals surface area contributed by atoms with Crippen LogP contribution in [0.2, 0.25) is 0 Å². The third-order valence-corrected chi connectivity index (χ3v) is 10.8. The Bertz CT molecular complexity index is 1290. The first-order valence-electron chi connectivity index (χ1n) is 23.6. The Balaban J connectivity index is 4.55. The number of hydrogen-bond donors (Lipinski definition) is 3. The molecule has 8 nitrogen and oxygen atoms in total. The van der Waals surface area contributed by atoms with Crippen LogP contribution in [0.1, 0.15) is 168 Å². The van der Waals surface area contributed by atoms with Gasteiger partial charge in [-0.05, 0) is 83.5 Å². The van der Waals surface area contributed by atoms with Crippen molar-refractivity contribution in [2.45, 2.75) is 180 Å². The first-order valence-corrected chi connectivity index (χ1v) is 25.1. The minimum atomic E-state index is -4.37. The van der Waals surface area contributed by atoms with Crippen LogP contribution in [-0.4, -0.2) is 73.4 Å². The van der Waals surface area contributed by atoms with Gasteiger partial charge in [0.1, 0.15) is 13.2 Å². The fraction of sp³-hybridized carbons (Fsp3) is 0.667. The highest BCUT2D eigenvalue weighted by molar-refractivity contribution is 7.47. The Hall–Kier alpha value is -2.58. The Morgan fingerprint density at radius 3 is 1.53 bits per heavy atom. The molecule has 3 unspecified atom stereocenters. The maximum absolute atomic E-state index is 12.9. The fourth-order valence-corrected chi connectivity index (χ4v) is 6.79. The molecule has 0 saturated heterocycles. The number of phosphoric acid groups is 1. The number of nitrogens with one attached hydrogen (secondary N) is 1. The lowest BCUT2D eigenvalue weighted by Gasteiger charge is -2.25. The SMILES string of the molecule is CC/C=C\C/C=C\C/C=C\C/C=C\C/C=C\C/C=C\CCCCC(=O)NC(COP(=O)(O)OCC[N+](C)(C)C)C(O)/C=C/CC/C=C/CCCCCCCCCCCCC. The molecular weight excluding hydrogens is 768 g/mol. The van der Waals surface area contributed by atoms with Crippen molar-refractivity contribution < 1.29 is 32.9 Å². The molecule has 3 N–H and O–H groups in total. The molecule has 0 bridgehead atoms. The van der Waals surface area contributed by atoms with E-state index in [1.54, 1.807) is 6.08 Å². The lowest BCUT2D eigenvalue weighted by atomic mass is 10.1. The molecule has 0 radical (unpaired) electrons. The Morgan fingerprint density at radius 1 is 0.583 bits per heavy atom. The number of amides is 1. The first kappa shape index (κ1) is 57.4. The molecule has 9 heteroatoms. The Labute approximate surface area is 369 Å². The van der Waals surface area contributed by atoms with Crippen molar-refractivity contribution in [2.75, 3.05) is 40.9 Å². The normalized spacial score (nSPS) is 15.1. The number of unbranched alkanes of at least 4 members (excludes halogenated alkanes) is 14. The molecule has 60 heavy (non-hydrogen) atoms. The van der Waals surface area contributed by atoms with Gasteiger partial charge in [0.25, 0.3) is 0 Å². The summed E-state index contributed by atoms with van der Waals surface area (Å²) in [4.78, 5) is 23.1. The highest BCUT2D eigenvalue weighted by Gasteiger charge is 2.27. The third kappa shape index (κ3) is 43.5. The van der Waals surface area contributed by atoms with Gasteiger partial charge >= 0.3 is 7.82 Å². The van der Waals surface area contributed by atoms with Crippen LogP contribution in [0.3, 0.4) is 0 Å². The smallest absolute Gasteiger partial charge is 0.387 e. The summed E-state index contributed by atoms with van der Waals surface area (Å²) in [7, 11) is 1.51. The molecule has 0 aliphatic heterocycles. The molecule has 0 fully saturated rings. The van der Waals surface area contributed by atoms with E-state index in [1.807, 2.05) is 27.2 Å². The maximum atomic E-state index is 12.9. The summed E-state index contributed by atoms with van der Waals surface area (Å²) >= 11 is 0. The van der Waals surface area contributed by atoms with E-state index in [4.69, 9.17) is 9.05 Å². The number of allylic oxidation sites excluding steroid dienone is 15. The second-order valence-electron chi connectivity index (χ2n) is 16.7. The van der Waals surface area contributed by atoms with Crippen LogP contribution in [0, 0.1) is 0 Å². The van der Waals surface area contributed by atoms with Crippen molar-refractivity contribution in [3.05, 3.63) is 97.2 Å². The molecule has 0 aliphatic carbocycles. The van der Waals surface area contributed by atoms with Gasteiger partial charge in [0, 0.05) is 6.42 Å². The van der Waals surface area contributed by atoms with Gasteiger partial charge in [-0.15, -0.1) is 0 Å². The fourth-order valence-electron chi connectivity index (χ4n) is 6.06. The predicted molar refractivity (Wildman–Crippen MR) is 258 cm³/mol. The van der Waals surface area contributed by atoms with Crippen molar-refractivity contribution in [1.29, 1.82) is 0 Å². The van der Waals surface area contributed by atoms with E-state index in [9.17, 15) is 19.4 Å². The zero-order valence-corrected chi connectivity index (χ0v) is 39.8. The molecule has 0 saturated carbocycles. The summed E-state index contributed by atoms with van der Waals surface area (Å²) in [6, 6.07) is -0.892. The van der Waals surface area contributed by atoms with Gasteiger partial charge in [-0.3, -0.25) is 13.8 Å². The molecule has 0 aromatic heterocycles. The monoisotopic (exact) mass is 858 g/mol. The lowest BCUT2D eigenvalue weighted by molar-refractivity contribution is -0.870. The van der Waals surface area contributed by atoms with Gasteiger partial charge in [-0.2, -0.15) is 0 Å². The molecule has 0 aromatic rings. The van der Waals surface area contributed by atoms with Crippen LogP contribution in [0.4, 0.5) is 0 Å². The zero-order chi connectivity index (χ0) is 44.3. The first-order chi connectivity index (χ1) is 29.0. The van der Waals surface area contributed by atoms with Crippen molar-refractivity contribution in [2.24, 2.45) is 0 Å². The van der Waals surface area contributed by atoms with Crippen molar-refractivity contribution in [3.8, 4) is 0 Å². The minimum absolute atomic E-state index is 0.0420. The van der Waals surface area contributed by atoms with Crippen LogP contribution in [0.5, 0.6) is 0 Å². The van der Waals surface area contributed by atoms with Crippen LogP contribution in [0.15, 0.2) is 97.2 Å². The number of nitrogens with zero attached hydrogens (tertiary/aromatic N) is 1. The van der Waals surface area contributed by atoms with Crippen LogP contribution in [0.25, 0.3) is 0 Å². The lowest BCUT2D eigenvalue weighted by Crippen LogP contribution is -2.45. The second-order valence-corrected chi connectivity index (χ2v) is 18.2. The average molecular weight is 858 g/mol. The van der Waals surface area contributed by atoms with E-state index >= 15 is 0 Å². The van der Waals surface area contributed by atoms with Gasteiger partial charge in [-0.25, -0.2) is 4.57 Å². The summed E-state index contributed by atoms with van der Waals surface area (Å²) in [6.07, 6.45) is 59.1. The number of quaternary nitrogens is 1. The van der Waals surface area contributed by atoms with Crippen LogP contribution in [-0.2, 0) is 18.4 Å². The van der Waals surface area contributed by atoms with Crippen LogP contribution >= 0.6 is 7.82 Å². The average Bonchev–Trinajstić information content (AvgIpc) is 3.20. The van der Waals surface area contributed by atoms with Crippen molar-refractivity contribution in [3.63, 3.8) is 0 Å². The van der Waals surface area contributed by atoms with Gasteiger partial charge < -0.3 is 19.8 Å². The molecule has 1 amide bonds. The Morgan fingerprint density at radius 2 is 1.02 bits per heavy atom. The van der Waals surface area contributed by atoms with Gasteiger partial charge in [0.15, 0.2) is 0 Å². The second kappa shape index (κ2) is 41.8. The molecule has 0 aromatic carbocycles. The minimum Gasteiger partial charge on any atom is -0.387 e. The highest BCUT2D eigenvalue weighted by atomic mass is 31.2. The number of hydrogen-bond acceptors (Lipinski definition) is 5. The molecule has 3 atom stereocenters. The number of rotatable bonds is 41. The summed E-state index contributed by atoms with van der Waals surface area (Å²) in [6.45, 7) is 4.62. The maximum Gasteiger partial charge on any atom is 0.472 e. The standard InChI is InChI=1S/C51H89N2O6P/c1-6-8-10-12-14-16-18-20-22-24-25-26-27-29-31-33-35-37-39-41-43-45-51(55)52-49(48-59-60(56,57)58-47-46-53(3,4)5)50(54)44-42-40-38-36-34-32-30-28-23-21-19-17-15-13-11-9-7-2/h8,10,14,16,20,22,25-26,29,31,34-37,42,44,49-50,54H,6-7,9,11-13,15,17-19,21,23-24,27-28,30,32-33,38-41,43,45-48H2,1-5H3,(H-,52,55,56,57)/p+1/b10-8-,16-14-,22-20-,26-25-,31-29-,36-34+,37-35-,44-42+. The molecule has 0 heterocycles. The topological polar surface area (TPSA) is 105 Å². The van der Waals surface area contributed by atoms with E-state index in [2.05, 4.69) is 104 Å².